The van der Waals surface area contributed by atoms with Crippen molar-refractivity contribution in [3.63, 3.8) is 0 Å². The molecule has 2 bridgehead atoms. The molecule has 1 fully saturated rings. The minimum absolute atomic E-state index is 0.0174. The van der Waals surface area contributed by atoms with Crippen molar-refractivity contribution in [2.24, 2.45) is 5.92 Å². The number of rotatable bonds is 4. The Hall–Kier alpha value is -3.00. The number of carbonyl (C=O) groups excluding carboxylic acids is 2. The second-order valence-electron chi connectivity index (χ2n) is 8.12. The topological polar surface area (TPSA) is 87.5 Å². The van der Waals surface area contributed by atoms with Crippen molar-refractivity contribution in [2.45, 2.75) is 18.9 Å². The van der Waals surface area contributed by atoms with Crippen LogP contribution in [-0.2, 0) is 11.3 Å². The molecule has 1 N–H and O–H groups in total. The third kappa shape index (κ3) is 3.93. The van der Waals surface area contributed by atoms with Gasteiger partial charge in [0, 0.05) is 43.6 Å². The van der Waals surface area contributed by atoms with Gasteiger partial charge in [-0.2, -0.15) is 0 Å². The fourth-order valence-electron chi connectivity index (χ4n) is 4.36. The number of likely N-dealkylation sites (N-methyl/N-ethyl adjacent to an activating group) is 1. The summed E-state index contributed by atoms with van der Waals surface area (Å²) in [6, 6.07) is 7.13. The van der Waals surface area contributed by atoms with Crippen molar-refractivity contribution in [1.82, 2.24) is 19.4 Å². The van der Waals surface area contributed by atoms with Gasteiger partial charge in [-0.15, -0.1) is 0 Å². The highest BCUT2D eigenvalue weighted by Gasteiger charge is 2.37. The van der Waals surface area contributed by atoms with Crippen molar-refractivity contribution in [3.05, 3.63) is 58.3 Å². The van der Waals surface area contributed by atoms with Crippen LogP contribution >= 0.6 is 0 Å². The van der Waals surface area contributed by atoms with Crippen molar-refractivity contribution in [1.29, 1.82) is 0 Å². The van der Waals surface area contributed by atoms with Gasteiger partial charge < -0.3 is 19.7 Å². The van der Waals surface area contributed by atoms with Gasteiger partial charge in [-0.1, -0.05) is 0 Å². The van der Waals surface area contributed by atoms with E-state index in [2.05, 4.69) is 10.3 Å². The average molecular weight is 395 g/mol. The Kier molecular flexibility index (Phi) is 5.19. The molecule has 2 amide bonds. The number of amides is 2. The first-order valence-electron chi connectivity index (χ1n) is 9.80. The van der Waals surface area contributed by atoms with Gasteiger partial charge in [0.05, 0.1) is 12.1 Å². The van der Waals surface area contributed by atoms with Crippen molar-refractivity contribution >= 4 is 17.5 Å². The molecule has 4 heterocycles. The fourth-order valence-corrected chi connectivity index (χ4v) is 4.36. The molecule has 0 aliphatic carbocycles. The Balaban J connectivity index is 1.55. The van der Waals surface area contributed by atoms with E-state index in [0.717, 1.165) is 12.1 Å². The minimum Gasteiger partial charge on any atom is -0.338 e. The molecule has 1 saturated heterocycles. The van der Waals surface area contributed by atoms with Crippen LogP contribution in [0.25, 0.3) is 0 Å². The number of hydrogen-bond acceptors (Lipinski definition) is 5. The first-order valence-corrected chi connectivity index (χ1v) is 9.80. The molecule has 2 aliphatic rings. The Morgan fingerprint density at radius 1 is 1.21 bits per heavy atom. The van der Waals surface area contributed by atoms with Crippen molar-refractivity contribution < 1.29 is 9.59 Å². The molecule has 0 radical (unpaired) electrons. The monoisotopic (exact) mass is 395 g/mol. The van der Waals surface area contributed by atoms with E-state index in [1.165, 1.54) is 0 Å². The molecule has 152 valence electrons. The lowest BCUT2D eigenvalue weighted by molar-refractivity contribution is -0.116. The molecular weight excluding hydrogens is 370 g/mol. The molecule has 2 atom stereocenters. The number of anilines is 1. The predicted octanol–water partition coefficient (Wildman–Crippen LogP) is 1.00. The number of aromatic nitrogens is 2. The fraction of sp³-hybridized carbons (Fsp3) is 0.429. The third-order valence-electron chi connectivity index (χ3n) is 5.53. The van der Waals surface area contributed by atoms with E-state index < -0.39 is 0 Å². The highest BCUT2D eigenvalue weighted by Crippen LogP contribution is 2.35. The highest BCUT2D eigenvalue weighted by atomic mass is 16.2. The number of pyridine rings is 2. The summed E-state index contributed by atoms with van der Waals surface area (Å²) in [4.78, 5) is 45.5. The largest absolute Gasteiger partial charge is 0.338 e. The van der Waals surface area contributed by atoms with Crippen LogP contribution in [0.4, 0.5) is 5.69 Å². The summed E-state index contributed by atoms with van der Waals surface area (Å²) in [6.45, 7) is 1.97. The molecule has 0 spiro atoms. The SMILES string of the molecule is CN(C)CC(=O)Nc1ccc2n(c1=O)C[C@@H]1C[C@@H]2CN(C(=O)c2cccnc2)C1. The summed E-state index contributed by atoms with van der Waals surface area (Å²) in [6.07, 6.45) is 4.20. The van der Waals surface area contributed by atoms with Gasteiger partial charge in [-0.3, -0.25) is 19.4 Å². The number of piperidine rings is 1. The lowest BCUT2D eigenvalue weighted by atomic mass is 9.83. The van der Waals surface area contributed by atoms with Crippen molar-refractivity contribution in [3.8, 4) is 0 Å². The molecule has 8 heteroatoms. The van der Waals surface area contributed by atoms with Crippen LogP contribution in [0.2, 0.25) is 0 Å². The first-order chi connectivity index (χ1) is 13.9. The van der Waals surface area contributed by atoms with Gasteiger partial charge in [0.15, 0.2) is 0 Å². The number of fused-ring (bicyclic) bond motifs is 4. The number of nitrogens with zero attached hydrogens (tertiary/aromatic N) is 4. The van der Waals surface area contributed by atoms with Crippen LogP contribution in [0.15, 0.2) is 41.5 Å². The van der Waals surface area contributed by atoms with E-state index in [4.69, 9.17) is 0 Å². The second-order valence-corrected chi connectivity index (χ2v) is 8.12. The standard InChI is InChI=1S/C21H25N5O3/c1-24(2)13-19(27)23-17-5-6-18-16-8-14(11-26(18)21(17)29)10-25(12-16)20(28)15-4-3-7-22-9-15/h3-7,9,14,16H,8,10-13H2,1-2H3,(H,23,27)/t14-,16-/m1/s1. The quantitative estimate of drug-likeness (QED) is 0.835. The Bertz CT molecular complexity index is 986. The van der Waals surface area contributed by atoms with Gasteiger partial charge in [-0.05, 0) is 50.7 Å². The average Bonchev–Trinajstić information content (AvgIpc) is 2.70. The number of likely N-dealkylation sites (tertiary alicyclic amines) is 1. The second kappa shape index (κ2) is 7.79. The zero-order chi connectivity index (χ0) is 20.5. The van der Waals surface area contributed by atoms with E-state index >= 15 is 0 Å². The van der Waals surface area contributed by atoms with E-state index in [1.807, 2.05) is 11.0 Å². The molecule has 2 aliphatic heterocycles. The molecule has 2 aromatic rings. The molecule has 0 saturated carbocycles. The summed E-state index contributed by atoms with van der Waals surface area (Å²) in [5.41, 5.74) is 1.66. The Morgan fingerprint density at radius 2 is 2.03 bits per heavy atom. The molecule has 4 rings (SSSR count). The third-order valence-corrected chi connectivity index (χ3v) is 5.53. The lowest BCUT2D eigenvalue weighted by Gasteiger charge is -2.42. The van der Waals surface area contributed by atoms with Crippen molar-refractivity contribution in [2.75, 3.05) is 39.0 Å². The number of hydrogen-bond donors (Lipinski definition) is 1. The van der Waals surface area contributed by atoms with Gasteiger partial charge in [0.2, 0.25) is 5.91 Å². The maximum Gasteiger partial charge on any atom is 0.274 e. The van der Waals surface area contributed by atoms with Gasteiger partial charge in [0.1, 0.15) is 5.69 Å². The first kappa shape index (κ1) is 19.3. The lowest BCUT2D eigenvalue weighted by Crippen LogP contribution is -2.49. The van der Waals surface area contributed by atoms with E-state index in [1.54, 1.807) is 54.2 Å². The zero-order valence-electron chi connectivity index (χ0n) is 16.7. The minimum atomic E-state index is -0.211. The van der Waals surface area contributed by atoms with Crippen LogP contribution < -0.4 is 10.9 Å². The summed E-state index contributed by atoms with van der Waals surface area (Å²) >= 11 is 0. The van der Waals surface area contributed by atoms with Crippen LogP contribution in [0.5, 0.6) is 0 Å². The maximum absolute atomic E-state index is 12.9. The highest BCUT2D eigenvalue weighted by molar-refractivity contribution is 5.94. The van der Waals surface area contributed by atoms with Crippen LogP contribution in [0, 0.1) is 5.92 Å². The predicted molar refractivity (Wildman–Crippen MR) is 109 cm³/mol. The zero-order valence-corrected chi connectivity index (χ0v) is 16.7. The van der Waals surface area contributed by atoms with Gasteiger partial charge >= 0.3 is 0 Å². The van der Waals surface area contributed by atoms with E-state index in [-0.39, 0.29) is 35.8 Å². The molecular formula is C21H25N5O3. The smallest absolute Gasteiger partial charge is 0.274 e. The normalized spacial score (nSPS) is 20.3. The molecule has 8 nitrogen and oxygen atoms in total. The van der Waals surface area contributed by atoms with Crippen LogP contribution in [0.1, 0.15) is 28.4 Å². The van der Waals surface area contributed by atoms with Crippen LogP contribution in [0.3, 0.4) is 0 Å². The molecule has 2 aromatic heterocycles. The summed E-state index contributed by atoms with van der Waals surface area (Å²) in [5, 5.41) is 2.72. The number of carbonyl (C=O) groups is 2. The summed E-state index contributed by atoms with van der Waals surface area (Å²) in [5.74, 6) is 0.0997. The molecule has 29 heavy (non-hydrogen) atoms. The van der Waals surface area contributed by atoms with Gasteiger partial charge in [-0.25, -0.2) is 0 Å². The van der Waals surface area contributed by atoms with Crippen LogP contribution in [-0.4, -0.2) is 64.9 Å². The van der Waals surface area contributed by atoms with Gasteiger partial charge in [0.25, 0.3) is 11.5 Å². The summed E-state index contributed by atoms with van der Waals surface area (Å²) < 4.78 is 1.77. The van der Waals surface area contributed by atoms with E-state index in [0.29, 0.717) is 30.9 Å². The Labute approximate surface area is 169 Å². The number of nitrogens with one attached hydrogen (secondary N) is 1. The maximum atomic E-state index is 12.9. The summed E-state index contributed by atoms with van der Waals surface area (Å²) in [7, 11) is 3.61. The van der Waals surface area contributed by atoms with E-state index in [9.17, 15) is 14.4 Å². The Morgan fingerprint density at radius 3 is 2.76 bits per heavy atom. The molecule has 0 unspecified atom stereocenters. The molecule has 0 aromatic carbocycles.